The van der Waals surface area contributed by atoms with E-state index in [4.69, 9.17) is 0 Å². The molecule has 0 amide bonds. The monoisotopic (exact) mass is 318 g/mol. The third-order valence-corrected chi connectivity index (χ3v) is 4.09. The van der Waals surface area contributed by atoms with Crippen LogP contribution in [-0.2, 0) is 7.05 Å². The van der Waals surface area contributed by atoms with E-state index in [-0.39, 0.29) is 0 Å². The van der Waals surface area contributed by atoms with Gasteiger partial charge in [-0.05, 0) is 37.6 Å². The Balaban J connectivity index is 2.01. The van der Waals surface area contributed by atoms with Crippen molar-refractivity contribution >= 4 is 34.2 Å². The minimum atomic E-state index is 0.840. The molecule has 1 aromatic carbocycles. The summed E-state index contributed by atoms with van der Waals surface area (Å²) in [4.78, 5) is 8.68. The fourth-order valence-corrected chi connectivity index (χ4v) is 2.87. The van der Waals surface area contributed by atoms with E-state index in [0.29, 0.717) is 0 Å². The number of rotatable bonds is 4. The van der Waals surface area contributed by atoms with E-state index in [1.165, 1.54) is 5.56 Å². The zero-order chi connectivity index (χ0) is 17.1. The first-order valence-corrected chi connectivity index (χ1v) is 8.00. The van der Waals surface area contributed by atoms with Gasteiger partial charge in [0, 0.05) is 49.2 Å². The van der Waals surface area contributed by atoms with Crippen LogP contribution in [0.5, 0.6) is 0 Å². The van der Waals surface area contributed by atoms with Gasteiger partial charge in [0.05, 0.1) is 11.2 Å². The molecule has 0 bridgehead atoms. The van der Waals surface area contributed by atoms with Crippen LogP contribution in [-0.4, -0.2) is 22.8 Å². The molecule has 0 saturated heterocycles. The number of benzene rings is 1. The van der Waals surface area contributed by atoms with Crippen molar-refractivity contribution in [2.24, 2.45) is 12.0 Å². The maximum absolute atomic E-state index is 4.54. The van der Waals surface area contributed by atoms with Crippen LogP contribution >= 0.6 is 0 Å². The molecule has 24 heavy (non-hydrogen) atoms. The Bertz CT molecular complexity index is 932. The minimum Gasteiger partial charge on any atom is -0.343 e. The average Bonchev–Trinajstić information content (AvgIpc) is 2.89. The highest BCUT2D eigenvalue weighted by Crippen LogP contribution is 2.26. The molecule has 0 atom stereocenters. The van der Waals surface area contributed by atoms with E-state index in [1.807, 2.05) is 31.5 Å². The number of allylic oxidation sites excluding steroid dienone is 2. The molecule has 0 aliphatic carbocycles. The highest BCUT2D eigenvalue weighted by atomic mass is 15.0. The first-order valence-electron chi connectivity index (χ1n) is 8.00. The van der Waals surface area contributed by atoms with E-state index < -0.39 is 0 Å². The van der Waals surface area contributed by atoms with E-state index in [2.05, 4.69) is 64.2 Å². The number of nitrogens with zero attached hydrogens (tertiary/aromatic N) is 3. The number of nitrogens with one attached hydrogen (secondary N) is 1. The van der Waals surface area contributed by atoms with Crippen molar-refractivity contribution in [3.05, 3.63) is 59.9 Å². The first kappa shape index (κ1) is 16.0. The van der Waals surface area contributed by atoms with Crippen molar-refractivity contribution in [2.75, 3.05) is 12.4 Å². The van der Waals surface area contributed by atoms with Gasteiger partial charge < -0.3 is 9.88 Å². The summed E-state index contributed by atoms with van der Waals surface area (Å²) in [5.74, 6) is 0.840. The third kappa shape index (κ3) is 3.08. The lowest BCUT2D eigenvalue weighted by Gasteiger charge is -2.08. The second-order valence-electron chi connectivity index (χ2n) is 5.84. The van der Waals surface area contributed by atoms with E-state index in [0.717, 1.165) is 33.7 Å². The van der Waals surface area contributed by atoms with Crippen molar-refractivity contribution in [1.29, 1.82) is 0 Å². The maximum atomic E-state index is 4.54. The van der Waals surface area contributed by atoms with Crippen LogP contribution in [0.3, 0.4) is 0 Å². The molecule has 0 saturated carbocycles. The van der Waals surface area contributed by atoms with Gasteiger partial charge in [-0.3, -0.25) is 4.99 Å². The summed E-state index contributed by atoms with van der Waals surface area (Å²) in [5.41, 5.74) is 5.64. The maximum Gasteiger partial charge on any atom is 0.132 e. The Morgan fingerprint density at radius 1 is 1.25 bits per heavy atom. The van der Waals surface area contributed by atoms with Crippen molar-refractivity contribution < 1.29 is 0 Å². The van der Waals surface area contributed by atoms with Gasteiger partial charge in [0.25, 0.3) is 0 Å². The Kier molecular flexibility index (Phi) is 4.47. The molecule has 2 heterocycles. The minimum absolute atomic E-state index is 0.840. The Morgan fingerprint density at radius 2 is 2.08 bits per heavy atom. The fourth-order valence-electron chi connectivity index (χ4n) is 2.87. The van der Waals surface area contributed by atoms with Gasteiger partial charge in [-0.25, -0.2) is 4.98 Å². The summed E-state index contributed by atoms with van der Waals surface area (Å²) in [5, 5.41) is 4.49. The lowest BCUT2D eigenvalue weighted by molar-refractivity contribution is 0.950. The van der Waals surface area contributed by atoms with Crippen molar-refractivity contribution in [1.82, 2.24) is 9.55 Å². The van der Waals surface area contributed by atoms with Gasteiger partial charge in [0.1, 0.15) is 5.82 Å². The highest BCUT2D eigenvalue weighted by Gasteiger charge is 2.10. The van der Waals surface area contributed by atoms with Crippen molar-refractivity contribution in [3.63, 3.8) is 0 Å². The predicted octanol–water partition coefficient (Wildman–Crippen LogP) is 4.73. The Hall–Kier alpha value is -2.88. The molecule has 3 aromatic rings. The molecule has 0 unspecified atom stereocenters. The average molecular weight is 318 g/mol. The standard InChI is InChI=1S/C20H22N4/c1-5-15(12-21-3)18-10-16-13-22-20(11-19(16)24(18)4)23-17-8-6-7-14(2)9-17/h5-13H,1-4H3,(H,22,23)/b15-5+,21-12?. The predicted molar refractivity (Wildman–Crippen MR) is 103 cm³/mol. The van der Waals surface area contributed by atoms with Crippen molar-refractivity contribution in [3.8, 4) is 0 Å². The van der Waals surface area contributed by atoms with Crippen LogP contribution in [0.2, 0.25) is 0 Å². The largest absolute Gasteiger partial charge is 0.343 e. The number of hydrogen-bond acceptors (Lipinski definition) is 3. The van der Waals surface area contributed by atoms with Gasteiger partial charge in [-0.1, -0.05) is 18.2 Å². The molecule has 0 fully saturated rings. The molecule has 1 N–H and O–H groups in total. The molecule has 4 nitrogen and oxygen atoms in total. The highest BCUT2D eigenvalue weighted by molar-refractivity contribution is 6.10. The molecule has 122 valence electrons. The summed E-state index contributed by atoms with van der Waals surface area (Å²) < 4.78 is 2.18. The second kappa shape index (κ2) is 6.71. The number of aryl methyl sites for hydroxylation is 2. The molecule has 0 aliphatic heterocycles. The van der Waals surface area contributed by atoms with Gasteiger partial charge in [-0.15, -0.1) is 0 Å². The van der Waals surface area contributed by atoms with Crippen LogP contribution < -0.4 is 5.32 Å². The van der Waals surface area contributed by atoms with Crippen molar-refractivity contribution in [2.45, 2.75) is 13.8 Å². The number of aliphatic imine (C=N–C) groups is 1. The number of pyridine rings is 1. The number of aromatic nitrogens is 2. The molecule has 0 aliphatic rings. The third-order valence-electron chi connectivity index (χ3n) is 4.09. The normalized spacial score (nSPS) is 12.2. The van der Waals surface area contributed by atoms with E-state index in [1.54, 1.807) is 7.05 Å². The summed E-state index contributed by atoms with van der Waals surface area (Å²) in [6.07, 6.45) is 5.86. The SMILES string of the molecule is C/C=C(\C=NC)c1cc2cnc(Nc3cccc(C)c3)cc2n1C. The number of fused-ring (bicyclic) bond motifs is 1. The summed E-state index contributed by atoms with van der Waals surface area (Å²) in [7, 11) is 3.86. The Morgan fingerprint density at radius 3 is 2.79 bits per heavy atom. The smallest absolute Gasteiger partial charge is 0.132 e. The Labute approximate surface area is 142 Å². The van der Waals surface area contributed by atoms with Crippen LogP contribution in [0.1, 0.15) is 18.2 Å². The van der Waals surface area contributed by atoms with Crippen LogP contribution in [0, 0.1) is 6.92 Å². The number of hydrogen-bond donors (Lipinski definition) is 1. The topological polar surface area (TPSA) is 42.2 Å². The molecule has 2 aromatic heterocycles. The van der Waals surface area contributed by atoms with E-state index in [9.17, 15) is 0 Å². The van der Waals surface area contributed by atoms with Gasteiger partial charge in [0.2, 0.25) is 0 Å². The van der Waals surface area contributed by atoms with Crippen LogP contribution in [0.15, 0.2) is 53.7 Å². The molecule has 0 radical (unpaired) electrons. The van der Waals surface area contributed by atoms with Gasteiger partial charge in [-0.2, -0.15) is 0 Å². The molecule has 3 rings (SSSR count). The zero-order valence-corrected chi connectivity index (χ0v) is 14.5. The fraction of sp³-hybridized carbons (Fsp3) is 0.200. The second-order valence-corrected chi connectivity index (χ2v) is 5.84. The quantitative estimate of drug-likeness (QED) is 0.707. The van der Waals surface area contributed by atoms with Crippen LogP contribution in [0.4, 0.5) is 11.5 Å². The lowest BCUT2D eigenvalue weighted by Crippen LogP contribution is -1.98. The van der Waals surface area contributed by atoms with Gasteiger partial charge in [0.15, 0.2) is 0 Å². The van der Waals surface area contributed by atoms with Crippen LogP contribution in [0.25, 0.3) is 16.5 Å². The van der Waals surface area contributed by atoms with E-state index >= 15 is 0 Å². The summed E-state index contributed by atoms with van der Waals surface area (Å²) in [6, 6.07) is 12.5. The first-order chi connectivity index (χ1) is 11.6. The lowest BCUT2D eigenvalue weighted by atomic mass is 10.2. The molecule has 0 spiro atoms. The molecular formula is C20H22N4. The molecule has 4 heteroatoms. The number of anilines is 2. The zero-order valence-electron chi connectivity index (χ0n) is 14.5. The summed E-state index contributed by atoms with van der Waals surface area (Å²) >= 11 is 0. The summed E-state index contributed by atoms with van der Waals surface area (Å²) in [6.45, 7) is 4.11. The van der Waals surface area contributed by atoms with Gasteiger partial charge >= 0.3 is 0 Å². The molecular weight excluding hydrogens is 296 g/mol.